The Bertz CT molecular complexity index is 875. The maximum absolute atomic E-state index is 10.9. The maximum atomic E-state index is 10.9. The predicted molar refractivity (Wildman–Crippen MR) is 98.3 cm³/mol. The summed E-state index contributed by atoms with van der Waals surface area (Å²) >= 11 is 0. The van der Waals surface area contributed by atoms with E-state index >= 15 is 0 Å². The molecule has 2 aromatic carbocycles. The minimum atomic E-state index is -0.488. The number of primary amides is 1. The van der Waals surface area contributed by atoms with Gasteiger partial charge in [-0.3, -0.25) is 9.89 Å². The van der Waals surface area contributed by atoms with Gasteiger partial charge in [0.2, 0.25) is 0 Å². The number of hydrogen-bond donors (Lipinski definition) is 2. The highest BCUT2D eigenvalue weighted by atomic mass is 16.1. The highest BCUT2D eigenvalue weighted by Crippen LogP contribution is 2.17. The van der Waals surface area contributed by atoms with Gasteiger partial charge in [0.05, 0.1) is 0 Å². The van der Waals surface area contributed by atoms with E-state index in [1.165, 1.54) is 17.3 Å². The molecule has 4 aromatic rings. The number of nitrogens with one attached hydrogen (secondary N) is 1. The third-order valence-electron chi connectivity index (χ3n) is 3.62. The van der Waals surface area contributed by atoms with Crippen LogP contribution in [0.4, 0.5) is 0 Å². The molecule has 0 bridgehead atoms. The molecule has 0 saturated carbocycles. The SMILES string of the molecule is NC(=O)c1c[nH]nc1-n1cccc1.c1ccc(-c2ccccc2)cc1. The Morgan fingerprint density at radius 2 is 1.36 bits per heavy atom. The van der Waals surface area contributed by atoms with Gasteiger partial charge in [-0.05, 0) is 23.3 Å². The molecule has 4 rings (SSSR count). The Balaban J connectivity index is 0.000000146. The van der Waals surface area contributed by atoms with Gasteiger partial charge >= 0.3 is 0 Å². The number of carbonyl (C=O) groups excluding carboxylic acids is 1. The molecule has 1 amide bonds. The second kappa shape index (κ2) is 7.79. The highest BCUT2D eigenvalue weighted by molar-refractivity contribution is 5.95. The zero-order chi connectivity index (χ0) is 17.5. The van der Waals surface area contributed by atoms with Crippen LogP contribution in [0.2, 0.25) is 0 Å². The molecule has 3 N–H and O–H groups in total. The molecule has 2 aromatic heterocycles. The summed E-state index contributed by atoms with van der Waals surface area (Å²) < 4.78 is 1.72. The Morgan fingerprint density at radius 3 is 1.84 bits per heavy atom. The summed E-state index contributed by atoms with van der Waals surface area (Å²) in [7, 11) is 0. The first kappa shape index (κ1) is 16.3. The number of nitrogens with zero attached hydrogens (tertiary/aromatic N) is 2. The van der Waals surface area contributed by atoms with Gasteiger partial charge in [0.25, 0.3) is 5.91 Å². The minimum absolute atomic E-state index is 0.385. The zero-order valence-electron chi connectivity index (χ0n) is 13.5. The first-order chi connectivity index (χ1) is 12.3. The Morgan fingerprint density at radius 1 is 0.840 bits per heavy atom. The van der Waals surface area contributed by atoms with Crippen molar-refractivity contribution in [1.82, 2.24) is 14.8 Å². The molecular formula is C20H18N4O. The van der Waals surface area contributed by atoms with Gasteiger partial charge in [0.1, 0.15) is 5.56 Å². The van der Waals surface area contributed by atoms with Crippen molar-refractivity contribution < 1.29 is 4.79 Å². The normalized spacial score (nSPS) is 9.92. The molecule has 0 aliphatic carbocycles. The lowest BCUT2D eigenvalue weighted by atomic mass is 10.1. The second-order valence-electron chi connectivity index (χ2n) is 5.31. The standard InChI is InChI=1S/C12H10.C8H8N4O/c1-3-7-11(8-4-1)12-9-5-2-6-10-12;9-7(13)6-5-10-11-8(6)12-3-1-2-4-12/h1-10H;1-5H,(H2,9,13)(H,10,11). The van der Waals surface area contributed by atoms with Crippen molar-refractivity contribution in [3.8, 4) is 16.9 Å². The van der Waals surface area contributed by atoms with Crippen LogP contribution >= 0.6 is 0 Å². The van der Waals surface area contributed by atoms with Gasteiger partial charge in [0.15, 0.2) is 5.82 Å². The first-order valence-electron chi connectivity index (χ1n) is 7.83. The van der Waals surface area contributed by atoms with Crippen LogP contribution in [0.1, 0.15) is 10.4 Å². The van der Waals surface area contributed by atoms with E-state index in [1.807, 2.05) is 24.3 Å². The molecule has 0 unspecified atom stereocenters. The first-order valence-corrected chi connectivity index (χ1v) is 7.83. The smallest absolute Gasteiger partial charge is 0.254 e. The van der Waals surface area contributed by atoms with Crippen molar-refractivity contribution in [3.63, 3.8) is 0 Å². The van der Waals surface area contributed by atoms with Crippen LogP contribution in [-0.2, 0) is 0 Å². The summed E-state index contributed by atoms with van der Waals surface area (Å²) in [6.45, 7) is 0. The van der Waals surface area contributed by atoms with Crippen LogP contribution in [0.25, 0.3) is 16.9 Å². The van der Waals surface area contributed by atoms with Gasteiger partial charge in [-0.2, -0.15) is 5.10 Å². The number of rotatable bonds is 3. The Labute approximate surface area is 145 Å². The van der Waals surface area contributed by atoms with Crippen molar-refractivity contribution >= 4 is 5.91 Å². The zero-order valence-corrected chi connectivity index (χ0v) is 13.5. The number of H-pyrrole nitrogens is 1. The fourth-order valence-corrected chi connectivity index (χ4v) is 2.40. The van der Waals surface area contributed by atoms with Gasteiger partial charge < -0.3 is 10.3 Å². The lowest BCUT2D eigenvalue weighted by Gasteiger charge is -1.98. The number of nitrogens with two attached hydrogens (primary N) is 1. The van der Waals surface area contributed by atoms with Crippen LogP contribution in [0, 0.1) is 0 Å². The van der Waals surface area contributed by atoms with E-state index in [0.29, 0.717) is 11.4 Å². The Hall–Kier alpha value is -3.60. The van der Waals surface area contributed by atoms with E-state index in [1.54, 1.807) is 17.0 Å². The van der Waals surface area contributed by atoms with Gasteiger partial charge in [-0.25, -0.2) is 0 Å². The molecule has 0 aliphatic heterocycles. The van der Waals surface area contributed by atoms with Crippen molar-refractivity contribution in [3.05, 3.63) is 97.0 Å². The number of aromatic nitrogens is 3. The molecule has 2 heterocycles. The topological polar surface area (TPSA) is 76.7 Å². The molecule has 0 radical (unpaired) electrons. The molecule has 0 spiro atoms. The number of amides is 1. The summed E-state index contributed by atoms with van der Waals surface area (Å²) in [5.74, 6) is 0.0370. The van der Waals surface area contributed by atoms with E-state index in [9.17, 15) is 4.79 Å². The molecule has 124 valence electrons. The largest absolute Gasteiger partial charge is 0.365 e. The predicted octanol–water partition coefficient (Wildman–Crippen LogP) is 3.65. The molecule has 5 heteroatoms. The van der Waals surface area contributed by atoms with Crippen LogP contribution < -0.4 is 5.73 Å². The highest BCUT2D eigenvalue weighted by Gasteiger charge is 2.11. The quantitative estimate of drug-likeness (QED) is 0.601. The van der Waals surface area contributed by atoms with Gasteiger partial charge in [0, 0.05) is 18.6 Å². The fraction of sp³-hybridized carbons (Fsp3) is 0. The van der Waals surface area contributed by atoms with Crippen molar-refractivity contribution in [1.29, 1.82) is 0 Å². The minimum Gasteiger partial charge on any atom is -0.365 e. The van der Waals surface area contributed by atoms with E-state index < -0.39 is 5.91 Å². The molecule has 5 nitrogen and oxygen atoms in total. The summed E-state index contributed by atoms with van der Waals surface area (Å²) in [6.07, 6.45) is 5.07. The average molecular weight is 330 g/mol. The van der Waals surface area contributed by atoms with Gasteiger partial charge in [-0.1, -0.05) is 60.7 Å². The van der Waals surface area contributed by atoms with E-state index in [0.717, 1.165) is 0 Å². The molecule has 0 aliphatic rings. The molecule has 0 fully saturated rings. The maximum Gasteiger partial charge on any atom is 0.254 e. The number of aromatic amines is 1. The lowest BCUT2D eigenvalue weighted by Crippen LogP contribution is -2.12. The third-order valence-corrected chi connectivity index (χ3v) is 3.62. The van der Waals surface area contributed by atoms with E-state index in [-0.39, 0.29) is 0 Å². The van der Waals surface area contributed by atoms with Crippen LogP contribution in [0.15, 0.2) is 91.4 Å². The number of hydrogen-bond acceptors (Lipinski definition) is 2. The molecular weight excluding hydrogens is 312 g/mol. The fourth-order valence-electron chi connectivity index (χ4n) is 2.40. The monoisotopic (exact) mass is 330 g/mol. The summed E-state index contributed by atoms with van der Waals surface area (Å²) in [5, 5.41) is 6.51. The summed E-state index contributed by atoms with van der Waals surface area (Å²) in [5.41, 5.74) is 8.09. The van der Waals surface area contributed by atoms with Crippen LogP contribution in [0.3, 0.4) is 0 Å². The van der Waals surface area contributed by atoms with Crippen molar-refractivity contribution in [2.75, 3.05) is 0 Å². The molecule has 0 saturated heterocycles. The summed E-state index contributed by atoms with van der Waals surface area (Å²) in [6, 6.07) is 24.5. The van der Waals surface area contributed by atoms with Crippen molar-refractivity contribution in [2.45, 2.75) is 0 Å². The molecule has 0 atom stereocenters. The molecule has 25 heavy (non-hydrogen) atoms. The van der Waals surface area contributed by atoms with E-state index in [4.69, 9.17) is 5.73 Å². The van der Waals surface area contributed by atoms with Crippen LogP contribution in [0.5, 0.6) is 0 Å². The lowest BCUT2D eigenvalue weighted by molar-refractivity contribution is 0.100. The van der Waals surface area contributed by atoms with Crippen LogP contribution in [-0.4, -0.2) is 20.7 Å². The third kappa shape index (κ3) is 4.03. The average Bonchev–Trinajstić information content (AvgIpc) is 3.35. The van der Waals surface area contributed by atoms with Gasteiger partial charge in [-0.15, -0.1) is 0 Å². The summed E-state index contributed by atoms with van der Waals surface area (Å²) in [4.78, 5) is 10.9. The number of carbonyl (C=O) groups is 1. The number of benzene rings is 2. The second-order valence-corrected chi connectivity index (χ2v) is 5.31. The Kier molecular flexibility index (Phi) is 5.07. The van der Waals surface area contributed by atoms with Crippen molar-refractivity contribution in [2.24, 2.45) is 5.73 Å². The van der Waals surface area contributed by atoms with E-state index in [2.05, 4.69) is 58.7 Å².